The molecule has 1 aliphatic heterocycles. The number of hydrogen-bond donors (Lipinski definition) is 1. The van der Waals surface area contributed by atoms with Crippen LogP contribution in [0.3, 0.4) is 0 Å². The summed E-state index contributed by atoms with van der Waals surface area (Å²) in [6, 6.07) is 5.41. The first-order valence-electron chi connectivity index (χ1n) is 6.65. The SMILES string of the molecule is C[C@@H]1CCN(C(=O)Nc2ccc([N+](=O)[O-])cc2)CC[S@@]1=O. The van der Waals surface area contributed by atoms with E-state index >= 15 is 0 Å². The summed E-state index contributed by atoms with van der Waals surface area (Å²) in [4.78, 5) is 23.8. The van der Waals surface area contributed by atoms with Crippen LogP contribution in [-0.4, -0.2) is 44.2 Å². The van der Waals surface area contributed by atoms with Crippen LogP contribution in [0, 0.1) is 10.1 Å². The Balaban J connectivity index is 1.97. The van der Waals surface area contributed by atoms with Gasteiger partial charge in [0, 0.05) is 52.7 Å². The van der Waals surface area contributed by atoms with E-state index in [1.54, 1.807) is 4.90 Å². The Morgan fingerprint density at radius 1 is 1.38 bits per heavy atom. The monoisotopic (exact) mass is 311 g/mol. The number of benzene rings is 1. The van der Waals surface area contributed by atoms with Crippen LogP contribution in [0.4, 0.5) is 16.2 Å². The molecule has 2 atom stereocenters. The van der Waals surface area contributed by atoms with Gasteiger partial charge in [0.15, 0.2) is 0 Å². The highest BCUT2D eigenvalue weighted by molar-refractivity contribution is 7.85. The van der Waals surface area contributed by atoms with Gasteiger partial charge < -0.3 is 10.2 Å². The Kier molecular flexibility index (Phi) is 4.89. The fraction of sp³-hybridized carbons (Fsp3) is 0.462. The van der Waals surface area contributed by atoms with Crippen LogP contribution in [0.5, 0.6) is 0 Å². The van der Waals surface area contributed by atoms with Crippen LogP contribution in [0.1, 0.15) is 13.3 Å². The maximum atomic E-state index is 12.1. The maximum Gasteiger partial charge on any atom is 0.321 e. The molecular formula is C13H17N3O4S. The van der Waals surface area contributed by atoms with Gasteiger partial charge in [0.05, 0.1) is 4.92 Å². The van der Waals surface area contributed by atoms with E-state index in [1.807, 2.05) is 6.92 Å². The van der Waals surface area contributed by atoms with Crippen LogP contribution in [-0.2, 0) is 10.8 Å². The van der Waals surface area contributed by atoms with E-state index in [-0.39, 0.29) is 17.0 Å². The smallest absolute Gasteiger partial charge is 0.321 e. The van der Waals surface area contributed by atoms with Gasteiger partial charge in [0.2, 0.25) is 0 Å². The number of carbonyl (C=O) groups excluding carboxylic acids is 1. The lowest BCUT2D eigenvalue weighted by Gasteiger charge is -2.20. The van der Waals surface area contributed by atoms with Gasteiger partial charge in [-0.3, -0.25) is 14.3 Å². The lowest BCUT2D eigenvalue weighted by atomic mass is 10.3. The molecule has 8 heteroatoms. The van der Waals surface area contributed by atoms with Gasteiger partial charge in [0.25, 0.3) is 5.69 Å². The number of nitro benzene ring substituents is 1. The highest BCUT2D eigenvalue weighted by atomic mass is 32.2. The van der Waals surface area contributed by atoms with Gasteiger partial charge in [-0.25, -0.2) is 4.79 Å². The van der Waals surface area contributed by atoms with E-state index in [9.17, 15) is 19.1 Å². The summed E-state index contributed by atoms with van der Waals surface area (Å²) in [6.07, 6.45) is 0.709. The molecular weight excluding hydrogens is 294 g/mol. The average molecular weight is 311 g/mol. The molecule has 0 aliphatic carbocycles. The second-order valence-corrected chi connectivity index (χ2v) is 6.88. The van der Waals surface area contributed by atoms with Crippen molar-refractivity contribution in [3.63, 3.8) is 0 Å². The zero-order chi connectivity index (χ0) is 15.4. The summed E-state index contributed by atoms with van der Waals surface area (Å²) in [6.45, 7) is 2.94. The topological polar surface area (TPSA) is 92.6 Å². The molecule has 0 spiro atoms. The number of anilines is 1. The van der Waals surface area contributed by atoms with Crippen LogP contribution in [0.15, 0.2) is 24.3 Å². The van der Waals surface area contributed by atoms with E-state index in [0.717, 1.165) is 0 Å². The second-order valence-electron chi connectivity index (χ2n) is 4.91. The summed E-state index contributed by atoms with van der Waals surface area (Å²) in [5.74, 6) is 0.481. The van der Waals surface area contributed by atoms with Gasteiger partial charge >= 0.3 is 6.03 Å². The van der Waals surface area contributed by atoms with Crippen LogP contribution < -0.4 is 5.32 Å². The highest BCUT2D eigenvalue weighted by Crippen LogP contribution is 2.16. The molecule has 0 saturated carbocycles. The maximum absolute atomic E-state index is 12.1. The number of nitro groups is 1. The molecule has 114 valence electrons. The molecule has 0 unspecified atom stereocenters. The molecule has 7 nitrogen and oxygen atoms in total. The lowest BCUT2D eigenvalue weighted by Crippen LogP contribution is -2.36. The minimum atomic E-state index is -0.891. The van der Waals surface area contributed by atoms with Crippen LogP contribution in [0.25, 0.3) is 0 Å². The molecule has 0 aromatic heterocycles. The Morgan fingerprint density at radius 2 is 2.05 bits per heavy atom. The fourth-order valence-electron chi connectivity index (χ4n) is 2.05. The second kappa shape index (κ2) is 6.66. The molecule has 1 aliphatic rings. The minimum Gasteiger partial charge on any atom is -0.324 e. The molecule has 21 heavy (non-hydrogen) atoms. The summed E-state index contributed by atoms with van der Waals surface area (Å²) in [7, 11) is -0.891. The predicted octanol–water partition coefficient (Wildman–Crippen LogP) is 1.97. The van der Waals surface area contributed by atoms with E-state index < -0.39 is 15.7 Å². The molecule has 1 fully saturated rings. The molecule has 0 bridgehead atoms. The largest absolute Gasteiger partial charge is 0.324 e. The average Bonchev–Trinajstić information content (AvgIpc) is 2.62. The van der Waals surface area contributed by atoms with E-state index in [4.69, 9.17) is 0 Å². The number of hydrogen-bond acceptors (Lipinski definition) is 4. The standard InChI is InChI=1S/C13H17N3O4S/c1-10-6-7-15(8-9-21(10)20)13(17)14-11-2-4-12(5-3-11)16(18)19/h2-5,10H,6-9H2,1H3,(H,14,17)/t10-,21+/m1/s1. The van der Waals surface area contributed by atoms with Gasteiger partial charge in [0.1, 0.15) is 0 Å². The zero-order valence-electron chi connectivity index (χ0n) is 11.7. The third-order valence-corrected chi connectivity index (χ3v) is 5.15. The first-order chi connectivity index (χ1) is 9.97. The summed E-state index contributed by atoms with van der Waals surface area (Å²) in [5.41, 5.74) is 0.482. The van der Waals surface area contributed by atoms with Crippen molar-refractivity contribution in [2.24, 2.45) is 0 Å². The number of amides is 2. The number of nitrogens with zero attached hydrogens (tertiary/aromatic N) is 2. The van der Waals surface area contributed by atoms with Crippen molar-refractivity contribution >= 4 is 28.2 Å². The Morgan fingerprint density at radius 3 is 2.67 bits per heavy atom. The lowest BCUT2D eigenvalue weighted by molar-refractivity contribution is -0.384. The molecule has 2 amide bonds. The molecule has 1 aromatic carbocycles. The van der Waals surface area contributed by atoms with Crippen molar-refractivity contribution < 1.29 is 13.9 Å². The Bertz CT molecular complexity index is 561. The first-order valence-corrected chi connectivity index (χ1v) is 8.03. The fourth-order valence-corrected chi connectivity index (χ4v) is 3.23. The molecule has 2 rings (SSSR count). The first kappa shape index (κ1) is 15.4. The van der Waals surface area contributed by atoms with Gasteiger partial charge in [-0.15, -0.1) is 0 Å². The van der Waals surface area contributed by atoms with Crippen molar-refractivity contribution in [1.29, 1.82) is 0 Å². The Hall–Kier alpha value is -1.96. The summed E-state index contributed by atoms with van der Waals surface area (Å²) in [5, 5.41) is 13.4. The van der Waals surface area contributed by atoms with Crippen LogP contribution >= 0.6 is 0 Å². The number of rotatable bonds is 2. The quantitative estimate of drug-likeness (QED) is 0.667. The van der Waals surface area contributed by atoms with Gasteiger partial charge in [-0.2, -0.15) is 0 Å². The number of nitrogens with one attached hydrogen (secondary N) is 1. The molecule has 1 aromatic rings. The summed E-state index contributed by atoms with van der Waals surface area (Å²) >= 11 is 0. The highest BCUT2D eigenvalue weighted by Gasteiger charge is 2.22. The van der Waals surface area contributed by atoms with Crippen molar-refractivity contribution in [2.45, 2.75) is 18.6 Å². The zero-order valence-corrected chi connectivity index (χ0v) is 12.5. The third kappa shape index (κ3) is 4.01. The minimum absolute atomic E-state index is 0.0213. The third-order valence-electron chi connectivity index (χ3n) is 3.43. The molecule has 1 saturated heterocycles. The van der Waals surface area contributed by atoms with Crippen molar-refractivity contribution in [1.82, 2.24) is 4.90 Å². The molecule has 1 heterocycles. The molecule has 1 N–H and O–H groups in total. The Labute approximate surface area is 124 Å². The van der Waals surface area contributed by atoms with E-state index in [0.29, 0.717) is 31.0 Å². The predicted molar refractivity (Wildman–Crippen MR) is 80.8 cm³/mol. The van der Waals surface area contributed by atoms with E-state index in [2.05, 4.69) is 5.32 Å². The van der Waals surface area contributed by atoms with Gasteiger partial charge in [-0.05, 0) is 18.6 Å². The number of urea groups is 1. The van der Waals surface area contributed by atoms with Gasteiger partial charge in [-0.1, -0.05) is 6.92 Å². The van der Waals surface area contributed by atoms with Crippen molar-refractivity contribution in [3.05, 3.63) is 34.4 Å². The van der Waals surface area contributed by atoms with Crippen molar-refractivity contribution in [3.8, 4) is 0 Å². The van der Waals surface area contributed by atoms with E-state index in [1.165, 1.54) is 24.3 Å². The molecule has 0 radical (unpaired) electrons. The van der Waals surface area contributed by atoms with Crippen molar-refractivity contribution in [2.75, 3.05) is 24.2 Å². The normalized spacial score (nSPS) is 22.4. The van der Waals surface area contributed by atoms with Crippen LogP contribution in [0.2, 0.25) is 0 Å². The summed E-state index contributed by atoms with van der Waals surface area (Å²) < 4.78 is 11.7. The number of non-ortho nitro benzene ring substituents is 1. The number of carbonyl (C=O) groups is 1.